The Hall–Kier alpha value is -3.56. The van der Waals surface area contributed by atoms with Gasteiger partial charge in [0.15, 0.2) is 0 Å². The van der Waals surface area contributed by atoms with Gasteiger partial charge in [0.1, 0.15) is 0 Å². The van der Waals surface area contributed by atoms with Gasteiger partial charge >= 0.3 is 0 Å². The van der Waals surface area contributed by atoms with Gasteiger partial charge in [-0.05, 0) is 47.5 Å². The van der Waals surface area contributed by atoms with Crippen LogP contribution in [-0.2, 0) is 0 Å². The van der Waals surface area contributed by atoms with Crippen LogP contribution in [0.5, 0.6) is 0 Å². The number of para-hydroxylation sites is 3. The lowest BCUT2D eigenvalue weighted by molar-refractivity contribution is 1.11. The highest BCUT2D eigenvalue weighted by molar-refractivity contribution is 6.35. The summed E-state index contributed by atoms with van der Waals surface area (Å²) in [6, 6.07) is 33.2. The number of nitrogens with zero attached hydrogens (tertiary/aromatic N) is 3. The van der Waals surface area contributed by atoms with E-state index in [2.05, 4.69) is 69.6 Å². The molecule has 0 N–H and O–H groups in total. The molecule has 0 aliphatic carbocycles. The Morgan fingerprint density at radius 1 is 0.655 bits per heavy atom. The van der Waals surface area contributed by atoms with Gasteiger partial charge in [-0.15, -0.1) is 0 Å². The van der Waals surface area contributed by atoms with Gasteiger partial charge in [-0.2, -0.15) is 0 Å². The molecule has 2 heterocycles. The van der Waals surface area contributed by atoms with E-state index >= 15 is 0 Å². The molecule has 138 valence electrons. The molecule has 4 aromatic carbocycles. The fraction of sp³-hybridized carbons (Fsp3) is 0. The minimum Gasteiger partial charge on any atom is -0.278 e. The van der Waals surface area contributed by atoms with Crippen molar-refractivity contribution in [1.29, 1.82) is 0 Å². The lowest BCUT2D eigenvalue weighted by Gasteiger charge is -2.08. The van der Waals surface area contributed by atoms with Crippen molar-refractivity contribution < 1.29 is 0 Å². The molecule has 4 heteroatoms. The summed E-state index contributed by atoms with van der Waals surface area (Å²) in [5.74, 6) is 0.861. The minimum absolute atomic E-state index is 0.716. The largest absolute Gasteiger partial charge is 0.278 e. The summed E-state index contributed by atoms with van der Waals surface area (Å²) >= 11 is 6.66. The van der Waals surface area contributed by atoms with Crippen molar-refractivity contribution in [3.8, 4) is 16.8 Å². The van der Waals surface area contributed by atoms with Crippen molar-refractivity contribution in [2.24, 2.45) is 0 Å². The fourth-order valence-corrected chi connectivity index (χ4v) is 4.36. The van der Waals surface area contributed by atoms with E-state index in [1.54, 1.807) is 0 Å². The second-order valence-corrected chi connectivity index (χ2v) is 7.50. The van der Waals surface area contributed by atoms with Crippen LogP contribution in [0.25, 0.3) is 44.7 Å². The van der Waals surface area contributed by atoms with Crippen LogP contribution in [0.3, 0.4) is 0 Å². The first-order valence-electron chi connectivity index (χ1n) is 9.53. The predicted molar refractivity (Wildman–Crippen MR) is 120 cm³/mol. The quantitative estimate of drug-likeness (QED) is 0.319. The molecule has 0 radical (unpaired) electrons. The monoisotopic (exact) mass is 393 g/mol. The Balaban J connectivity index is 1.73. The first-order chi connectivity index (χ1) is 14.3. The van der Waals surface area contributed by atoms with Crippen molar-refractivity contribution in [2.75, 3.05) is 0 Å². The smallest absolute Gasteiger partial charge is 0.220 e. The van der Waals surface area contributed by atoms with Gasteiger partial charge in [0.2, 0.25) is 5.78 Å². The van der Waals surface area contributed by atoms with Gasteiger partial charge in [0.05, 0.1) is 27.1 Å². The fourth-order valence-electron chi connectivity index (χ4n) is 4.11. The Bertz CT molecular complexity index is 1510. The van der Waals surface area contributed by atoms with E-state index < -0.39 is 0 Å². The summed E-state index contributed by atoms with van der Waals surface area (Å²) in [5, 5.41) is 0.716. The zero-order valence-corrected chi connectivity index (χ0v) is 16.2. The van der Waals surface area contributed by atoms with E-state index in [1.807, 2.05) is 36.4 Å². The van der Waals surface area contributed by atoms with Crippen LogP contribution in [0.2, 0.25) is 5.02 Å². The van der Waals surface area contributed by atoms with Crippen molar-refractivity contribution in [3.05, 3.63) is 102 Å². The third-order valence-corrected chi connectivity index (χ3v) is 5.69. The maximum absolute atomic E-state index is 6.66. The summed E-state index contributed by atoms with van der Waals surface area (Å²) in [6.45, 7) is 0. The second-order valence-electron chi connectivity index (χ2n) is 7.10. The van der Waals surface area contributed by atoms with E-state index in [9.17, 15) is 0 Å². The number of imidazole rings is 2. The van der Waals surface area contributed by atoms with E-state index in [1.165, 1.54) is 11.1 Å². The summed E-state index contributed by atoms with van der Waals surface area (Å²) in [4.78, 5) is 4.94. The third-order valence-electron chi connectivity index (χ3n) is 5.38. The highest BCUT2D eigenvalue weighted by Crippen LogP contribution is 2.34. The van der Waals surface area contributed by atoms with Gasteiger partial charge in [-0.1, -0.05) is 72.3 Å². The minimum atomic E-state index is 0.716. The molecule has 0 bridgehead atoms. The SMILES string of the molecule is Clc1cccc2c1n1c3ccccc3nc1n2-c1cccc(-c2ccccc2)c1. The van der Waals surface area contributed by atoms with Gasteiger partial charge in [0.25, 0.3) is 0 Å². The van der Waals surface area contributed by atoms with Gasteiger partial charge in [-0.3, -0.25) is 8.97 Å². The van der Waals surface area contributed by atoms with Crippen molar-refractivity contribution in [2.45, 2.75) is 0 Å². The molecule has 0 unspecified atom stereocenters. The Kier molecular flexibility index (Phi) is 3.52. The van der Waals surface area contributed by atoms with Crippen molar-refractivity contribution in [3.63, 3.8) is 0 Å². The molecule has 0 aliphatic heterocycles. The molecule has 2 aromatic heterocycles. The highest BCUT2D eigenvalue weighted by atomic mass is 35.5. The van der Waals surface area contributed by atoms with E-state index in [-0.39, 0.29) is 0 Å². The molecule has 0 aliphatic rings. The summed E-state index contributed by atoms with van der Waals surface area (Å²) < 4.78 is 4.34. The molecule has 0 amide bonds. The van der Waals surface area contributed by atoms with Crippen LogP contribution in [0, 0.1) is 0 Å². The standard InChI is InChI=1S/C25H16ClN3/c26-20-12-7-15-23-24(20)29-22-14-5-4-13-21(22)27-25(29)28(23)19-11-6-10-18(16-19)17-8-2-1-3-9-17/h1-16H. The molecule has 0 fully saturated rings. The first kappa shape index (κ1) is 16.4. The number of benzene rings is 4. The molecular weight excluding hydrogens is 378 g/mol. The maximum atomic E-state index is 6.66. The number of fused-ring (bicyclic) bond motifs is 5. The molecule has 0 saturated heterocycles. The van der Waals surface area contributed by atoms with Gasteiger partial charge in [-0.25, -0.2) is 4.98 Å². The van der Waals surface area contributed by atoms with Crippen molar-refractivity contribution >= 4 is 39.4 Å². The number of hydrogen-bond acceptors (Lipinski definition) is 1. The normalized spacial score (nSPS) is 11.6. The topological polar surface area (TPSA) is 22.2 Å². The molecular formula is C25H16ClN3. The Morgan fingerprint density at radius 3 is 2.28 bits per heavy atom. The Morgan fingerprint density at radius 2 is 1.38 bits per heavy atom. The average Bonchev–Trinajstić information content (AvgIpc) is 3.29. The van der Waals surface area contributed by atoms with Gasteiger partial charge in [0, 0.05) is 5.69 Å². The lowest BCUT2D eigenvalue weighted by atomic mass is 10.1. The predicted octanol–water partition coefficient (Wildman–Crippen LogP) is 6.75. The van der Waals surface area contributed by atoms with E-state index in [0.29, 0.717) is 5.02 Å². The van der Waals surface area contributed by atoms with Gasteiger partial charge < -0.3 is 0 Å². The zero-order valence-electron chi connectivity index (χ0n) is 15.5. The lowest BCUT2D eigenvalue weighted by Crippen LogP contribution is -1.95. The van der Waals surface area contributed by atoms with E-state index in [0.717, 1.165) is 33.5 Å². The molecule has 0 spiro atoms. The van der Waals surface area contributed by atoms with E-state index in [4.69, 9.17) is 16.6 Å². The molecule has 6 aromatic rings. The first-order valence-corrected chi connectivity index (χ1v) is 9.91. The molecule has 29 heavy (non-hydrogen) atoms. The van der Waals surface area contributed by atoms with Crippen LogP contribution in [-0.4, -0.2) is 14.0 Å². The Labute approximate surface area is 172 Å². The molecule has 0 atom stereocenters. The van der Waals surface area contributed by atoms with Crippen LogP contribution in [0.1, 0.15) is 0 Å². The maximum Gasteiger partial charge on any atom is 0.220 e. The van der Waals surface area contributed by atoms with Crippen molar-refractivity contribution in [1.82, 2.24) is 14.0 Å². The van der Waals surface area contributed by atoms with Crippen LogP contribution < -0.4 is 0 Å². The van der Waals surface area contributed by atoms with Crippen LogP contribution in [0.4, 0.5) is 0 Å². The number of halogens is 1. The van der Waals surface area contributed by atoms with Crippen LogP contribution in [0.15, 0.2) is 97.1 Å². The molecule has 0 saturated carbocycles. The number of aromatic nitrogens is 3. The summed E-state index contributed by atoms with van der Waals surface area (Å²) in [5.41, 5.74) is 7.44. The highest BCUT2D eigenvalue weighted by Gasteiger charge is 2.18. The third kappa shape index (κ3) is 2.41. The van der Waals surface area contributed by atoms with Crippen LogP contribution >= 0.6 is 11.6 Å². The number of rotatable bonds is 2. The average molecular weight is 394 g/mol. The summed E-state index contributed by atoms with van der Waals surface area (Å²) in [7, 11) is 0. The molecule has 6 rings (SSSR count). The number of hydrogen-bond donors (Lipinski definition) is 0. The molecule has 3 nitrogen and oxygen atoms in total. The zero-order chi connectivity index (χ0) is 19.4. The summed E-state index contributed by atoms with van der Waals surface area (Å²) in [6.07, 6.45) is 0. The second kappa shape index (κ2) is 6.23.